The molecule has 2 heterocycles. The molecule has 10 heteroatoms. The Labute approximate surface area is 153 Å². The topological polar surface area (TPSA) is 87.5 Å². The third-order valence-corrected chi connectivity index (χ3v) is 3.96. The van der Waals surface area contributed by atoms with E-state index in [0.29, 0.717) is 22.8 Å². The molecule has 0 amide bonds. The number of nitrogens with one attached hydrogen (secondary N) is 1. The largest absolute Gasteiger partial charge is 0.460 e. The van der Waals surface area contributed by atoms with E-state index in [1.54, 1.807) is 19.1 Å². The molecule has 1 aromatic heterocycles. The smallest absolute Gasteiger partial charge is 0.387 e. The maximum Gasteiger partial charge on any atom is 0.387 e. The van der Waals surface area contributed by atoms with Crippen LogP contribution in [0.5, 0.6) is 5.75 Å². The molecule has 1 aliphatic heterocycles. The van der Waals surface area contributed by atoms with E-state index in [9.17, 15) is 13.6 Å². The maximum absolute atomic E-state index is 12.7. The number of hydrogen-bond acceptors (Lipinski definition) is 7. The number of ether oxygens (including phenoxy) is 3. The van der Waals surface area contributed by atoms with Crippen LogP contribution in [0.1, 0.15) is 18.5 Å². The Hall–Kier alpha value is -3.01. The van der Waals surface area contributed by atoms with Gasteiger partial charge in [0.15, 0.2) is 0 Å². The van der Waals surface area contributed by atoms with Gasteiger partial charge in [0.05, 0.1) is 12.2 Å². The van der Waals surface area contributed by atoms with Crippen LogP contribution in [0.3, 0.4) is 0 Å². The Bertz CT molecular complexity index is 836. The lowest BCUT2D eigenvalue weighted by Crippen LogP contribution is -2.30. The van der Waals surface area contributed by atoms with Gasteiger partial charge < -0.3 is 19.5 Å². The standard InChI is InChI=1S/C17H18F2N4O4/c1-10-13(15(24)26-8-7-25-2)14(23-17(22-10)20-9-21-23)11-3-5-12(6-4-11)27-16(18)19/h3-6,9,14,16H,7-8H2,1-2H3,(H,20,21,22)/t14-/m0/s1. The zero-order valence-corrected chi connectivity index (χ0v) is 14.7. The van der Waals surface area contributed by atoms with E-state index in [4.69, 9.17) is 9.47 Å². The first-order chi connectivity index (χ1) is 13.0. The number of carbonyl (C=O) groups is 1. The molecule has 0 unspecified atom stereocenters. The van der Waals surface area contributed by atoms with Crippen molar-refractivity contribution in [3.05, 3.63) is 47.4 Å². The summed E-state index contributed by atoms with van der Waals surface area (Å²) in [5.74, 6) is -0.0543. The van der Waals surface area contributed by atoms with Gasteiger partial charge in [-0.05, 0) is 24.6 Å². The summed E-state index contributed by atoms with van der Waals surface area (Å²) in [6.07, 6.45) is 1.36. The van der Waals surface area contributed by atoms with Crippen LogP contribution in [0.15, 0.2) is 41.9 Å². The van der Waals surface area contributed by atoms with E-state index in [1.165, 1.54) is 30.3 Å². The molecule has 1 aliphatic rings. The van der Waals surface area contributed by atoms with E-state index in [-0.39, 0.29) is 19.0 Å². The fourth-order valence-electron chi connectivity index (χ4n) is 2.79. The van der Waals surface area contributed by atoms with Crippen LogP contribution in [-0.4, -0.2) is 47.7 Å². The van der Waals surface area contributed by atoms with Crippen molar-refractivity contribution in [3.63, 3.8) is 0 Å². The third kappa shape index (κ3) is 4.05. The molecule has 0 saturated carbocycles. The number of benzene rings is 1. The molecule has 0 radical (unpaired) electrons. The molecular formula is C17H18F2N4O4. The fraction of sp³-hybridized carbons (Fsp3) is 0.353. The average molecular weight is 380 g/mol. The molecule has 144 valence electrons. The van der Waals surface area contributed by atoms with Gasteiger partial charge in [-0.1, -0.05) is 12.1 Å². The number of nitrogens with zero attached hydrogens (tertiary/aromatic N) is 3. The number of anilines is 1. The SMILES string of the molecule is COCCOC(=O)C1=C(C)Nc2ncnn2[C@H]1c1ccc(OC(F)F)cc1. The minimum atomic E-state index is -2.91. The van der Waals surface area contributed by atoms with Gasteiger partial charge in [0.1, 0.15) is 24.7 Å². The predicted molar refractivity (Wildman–Crippen MR) is 90.4 cm³/mol. The molecule has 8 nitrogen and oxygen atoms in total. The van der Waals surface area contributed by atoms with Crippen molar-refractivity contribution < 1.29 is 27.8 Å². The molecule has 0 aliphatic carbocycles. The van der Waals surface area contributed by atoms with Crippen molar-refractivity contribution in [1.29, 1.82) is 0 Å². The van der Waals surface area contributed by atoms with E-state index in [1.807, 2.05) is 0 Å². The van der Waals surface area contributed by atoms with Crippen LogP contribution in [0, 0.1) is 0 Å². The molecule has 0 spiro atoms. The second-order valence-electron chi connectivity index (χ2n) is 5.67. The summed E-state index contributed by atoms with van der Waals surface area (Å²) < 4.78 is 40.8. The molecular weight excluding hydrogens is 362 g/mol. The number of methoxy groups -OCH3 is 1. The highest BCUT2D eigenvalue weighted by Crippen LogP contribution is 2.35. The van der Waals surface area contributed by atoms with Crippen LogP contribution in [0.2, 0.25) is 0 Å². The van der Waals surface area contributed by atoms with E-state index >= 15 is 0 Å². The first-order valence-corrected chi connectivity index (χ1v) is 8.09. The van der Waals surface area contributed by atoms with Gasteiger partial charge in [0, 0.05) is 12.8 Å². The Morgan fingerprint density at radius 2 is 2.04 bits per heavy atom. The van der Waals surface area contributed by atoms with Crippen molar-refractivity contribution >= 4 is 11.9 Å². The molecule has 0 saturated heterocycles. The Balaban J connectivity index is 1.94. The van der Waals surface area contributed by atoms with Crippen molar-refractivity contribution in [2.45, 2.75) is 19.6 Å². The number of halogens is 2. The van der Waals surface area contributed by atoms with Crippen molar-refractivity contribution in [3.8, 4) is 5.75 Å². The van der Waals surface area contributed by atoms with Crippen LogP contribution in [0.25, 0.3) is 0 Å². The Morgan fingerprint density at radius 3 is 2.70 bits per heavy atom. The lowest BCUT2D eigenvalue weighted by molar-refractivity contribution is -0.140. The summed E-state index contributed by atoms with van der Waals surface area (Å²) in [6, 6.07) is 5.37. The summed E-state index contributed by atoms with van der Waals surface area (Å²) >= 11 is 0. The molecule has 0 bridgehead atoms. The average Bonchev–Trinajstić information content (AvgIpc) is 3.09. The predicted octanol–water partition coefficient (Wildman–Crippen LogP) is 2.36. The molecule has 1 atom stereocenters. The summed E-state index contributed by atoms with van der Waals surface area (Å²) in [5.41, 5.74) is 1.55. The van der Waals surface area contributed by atoms with Gasteiger partial charge in [0.2, 0.25) is 5.95 Å². The van der Waals surface area contributed by atoms with Gasteiger partial charge in [0.25, 0.3) is 0 Å². The van der Waals surface area contributed by atoms with E-state index < -0.39 is 18.6 Å². The summed E-state index contributed by atoms with van der Waals surface area (Å²) in [4.78, 5) is 16.8. The number of fused-ring (bicyclic) bond motifs is 1. The lowest BCUT2D eigenvalue weighted by Gasteiger charge is -2.28. The Morgan fingerprint density at radius 1 is 1.30 bits per heavy atom. The van der Waals surface area contributed by atoms with Crippen molar-refractivity contribution in [2.24, 2.45) is 0 Å². The fourth-order valence-corrected chi connectivity index (χ4v) is 2.79. The number of allylic oxidation sites excluding steroid dienone is 1. The number of rotatable bonds is 7. The second-order valence-corrected chi connectivity index (χ2v) is 5.67. The molecule has 1 N–H and O–H groups in total. The number of esters is 1. The van der Waals surface area contributed by atoms with Crippen LogP contribution in [0.4, 0.5) is 14.7 Å². The highest BCUT2D eigenvalue weighted by atomic mass is 19.3. The normalized spacial score (nSPS) is 16.1. The third-order valence-electron chi connectivity index (χ3n) is 3.96. The van der Waals surface area contributed by atoms with Gasteiger partial charge in [-0.25, -0.2) is 9.48 Å². The lowest BCUT2D eigenvalue weighted by atomic mass is 9.96. The molecule has 27 heavy (non-hydrogen) atoms. The van der Waals surface area contributed by atoms with Crippen molar-refractivity contribution in [1.82, 2.24) is 14.8 Å². The van der Waals surface area contributed by atoms with Gasteiger partial charge >= 0.3 is 12.6 Å². The zero-order chi connectivity index (χ0) is 19.4. The monoisotopic (exact) mass is 380 g/mol. The quantitative estimate of drug-likeness (QED) is 0.583. The Kier molecular flexibility index (Phi) is 5.65. The van der Waals surface area contributed by atoms with E-state index in [0.717, 1.165) is 0 Å². The molecule has 2 aromatic rings. The van der Waals surface area contributed by atoms with Gasteiger partial charge in [-0.3, -0.25) is 0 Å². The van der Waals surface area contributed by atoms with Gasteiger partial charge in [-0.2, -0.15) is 18.9 Å². The number of carbonyl (C=O) groups excluding carboxylic acids is 1. The summed E-state index contributed by atoms with van der Waals surface area (Å²) in [5, 5.41) is 7.19. The number of aromatic nitrogens is 3. The first kappa shape index (κ1) is 18.8. The number of alkyl halides is 2. The zero-order valence-electron chi connectivity index (χ0n) is 14.7. The highest BCUT2D eigenvalue weighted by molar-refractivity contribution is 5.92. The number of hydrogen-bond donors (Lipinski definition) is 1. The van der Waals surface area contributed by atoms with Crippen LogP contribution in [-0.2, 0) is 14.3 Å². The minimum Gasteiger partial charge on any atom is -0.460 e. The first-order valence-electron chi connectivity index (χ1n) is 8.09. The van der Waals surface area contributed by atoms with Gasteiger partial charge in [-0.15, -0.1) is 0 Å². The second kappa shape index (κ2) is 8.12. The summed E-state index contributed by atoms with van der Waals surface area (Å²) in [7, 11) is 1.51. The summed E-state index contributed by atoms with van der Waals surface area (Å²) in [6.45, 7) is -0.814. The van der Waals surface area contributed by atoms with Crippen molar-refractivity contribution in [2.75, 3.05) is 25.6 Å². The molecule has 1 aromatic carbocycles. The molecule has 0 fully saturated rings. The molecule has 3 rings (SSSR count). The minimum absolute atomic E-state index is 0.0198. The maximum atomic E-state index is 12.7. The van der Waals surface area contributed by atoms with Crippen LogP contribution < -0.4 is 10.1 Å². The van der Waals surface area contributed by atoms with Crippen LogP contribution >= 0.6 is 0 Å². The highest BCUT2D eigenvalue weighted by Gasteiger charge is 2.34. The van der Waals surface area contributed by atoms with E-state index in [2.05, 4.69) is 20.1 Å².